The van der Waals surface area contributed by atoms with Crippen molar-refractivity contribution in [2.24, 2.45) is 29.1 Å². The van der Waals surface area contributed by atoms with Gasteiger partial charge in [-0.15, -0.1) is 0 Å². The van der Waals surface area contributed by atoms with Crippen LogP contribution in [-0.2, 0) is 19.2 Å². The maximum absolute atomic E-state index is 14.5. The fourth-order valence-electron chi connectivity index (χ4n) is 8.17. The topological polar surface area (TPSA) is 147 Å². The number of carbonyl (C=O) groups is 4. The number of nitro groups is 1. The smallest absolute Gasteiger partial charge is 0.269 e. The number of ether oxygens (including phenoxy) is 1. The summed E-state index contributed by atoms with van der Waals surface area (Å²) in [7, 11) is 0. The van der Waals surface area contributed by atoms with Crippen LogP contribution in [0.2, 0.25) is 0 Å². The zero-order chi connectivity index (χ0) is 32.3. The predicted molar refractivity (Wildman–Crippen MR) is 166 cm³/mol. The summed E-state index contributed by atoms with van der Waals surface area (Å²) in [6.45, 7) is 1.61. The number of imide groups is 2. The van der Waals surface area contributed by atoms with Crippen molar-refractivity contribution in [1.29, 1.82) is 0 Å². The van der Waals surface area contributed by atoms with E-state index in [4.69, 9.17) is 4.74 Å². The molecule has 46 heavy (non-hydrogen) atoms. The first kappa shape index (κ1) is 29.5. The molecular weight excluding hydrogens is 590 g/mol. The van der Waals surface area contributed by atoms with Crippen LogP contribution >= 0.6 is 0 Å². The number of nitrogens with zero attached hydrogens (tertiary/aromatic N) is 3. The minimum atomic E-state index is -1.23. The Kier molecular flexibility index (Phi) is 7.08. The molecule has 11 nitrogen and oxygen atoms in total. The van der Waals surface area contributed by atoms with Gasteiger partial charge in [-0.2, -0.15) is 0 Å². The molecule has 4 aliphatic rings. The molecule has 234 valence electrons. The number of fused-ring (bicyclic) bond motifs is 4. The van der Waals surface area contributed by atoms with E-state index in [9.17, 15) is 34.4 Å². The Labute approximate surface area is 264 Å². The molecule has 3 aromatic rings. The van der Waals surface area contributed by atoms with Crippen LogP contribution in [-0.4, -0.2) is 46.9 Å². The summed E-state index contributed by atoms with van der Waals surface area (Å²) in [6.07, 6.45) is 2.40. The standard InChI is InChI=1S/C35H31N3O8/c1-35-27(32(41)37(34(35)43)20-7-3-2-4-8-20)19-26-23(30(35)24-9-5-6-10-28(24)46-18-17-39)15-16-25-29(26)33(42)36(31(25)40)21-11-13-22(14-12-21)38(44)45/h2-15,25-27,29-30,39H,16-19H2,1H3/t25-,26+,27-,29-,30+,35+/m0/s1. The van der Waals surface area contributed by atoms with Crippen molar-refractivity contribution in [3.63, 3.8) is 0 Å². The Balaban J connectivity index is 1.35. The highest BCUT2D eigenvalue weighted by atomic mass is 16.6. The van der Waals surface area contributed by atoms with Gasteiger partial charge in [-0.3, -0.25) is 34.2 Å². The molecule has 0 bridgehead atoms. The second-order valence-electron chi connectivity index (χ2n) is 12.4. The van der Waals surface area contributed by atoms with E-state index < -0.39 is 51.7 Å². The molecule has 2 aliphatic heterocycles. The Bertz CT molecular complexity index is 1810. The minimum absolute atomic E-state index is 0.0251. The second-order valence-corrected chi connectivity index (χ2v) is 12.4. The van der Waals surface area contributed by atoms with Crippen molar-refractivity contribution in [2.75, 3.05) is 23.0 Å². The van der Waals surface area contributed by atoms with E-state index in [2.05, 4.69) is 0 Å². The van der Waals surface area contributed by atoms with Crippen LogP contribution in [0.1, 0.15) is 31.2 Å². The minimum Gasteiger partial charge on any atom is -0.491 e. The van der Waals surface area contributed by atoms with Gasteiger partial charge >= 0.3 is 0 Å². The average Bonchev–Trinajstić information content (AvgIpc) is 3.43. The van der Waals surface area contributed by atoms with Crippen LogP contribution in [0, 0.1) is 39.2 Å². The quantitative estimate of drug-likeness (QED) is 0.177. The Hall–Kier alpha value is -5.16. The lowest BCUT2D eigenvalue weighted by molar-refractivity contribution is -0.384. The number of hydrogen-bond acceptors (Lipinski definition) is 8. The Morgan fingerprint density at radius 3 is 2.24 bits per heavy atom. The molecule has 0 radical (unpaired) electrons. The number of benzene rings is 3. The van der Waals surface area contributed by atoms with E-state index in [1.807, 2.05) is 25.1 Å². The molecule has 11 heteroatoms. The van der Waals surface area contributed by atoms with Crippen LogP contribution in [0.4, 0.5) is 17.1 Å². The third-order valence-electron chi connectivity index (χ3n) is 10.2. The van der Waals surface area contributed by atoms with Gasteiger partial charge in [0.05, 0.1) is 46.1 Å². The van der Waals surface area contributed by atoms with Crippen LogP contribution in [0.25, 0.3) is 0 Å². The lowest BCUT2D eigenvalue weighted by atomic mass is 9.51. The first-order chi connectivity index (χ1) is 22.2. The second kappa shape index (κ2) is 11.0. The van der Waals surface area contributed by atoms with E-state index >= 15 is 0 Å². The molecule has 2 saturated heterocycles. The number of para-hydroxylation sites is 2. The van der Waals surface area contributed by atoms with E-state index in [0.29, 0.717) is 17.0 Å². The molecule has 3 fully saturated rings. The lowest BCUT2D eigenvalue weighted by Crippen LogP contribution is -2.49. The number of carbonyl (C=O) groups excluding carboxylic acids is 4. The average molecular weight is 622 g/mol. The highest BCUT2D eigenvalue weighted by Crippen LogP contribution is 2.64. The van der Waals surface area contributed by atoms with Crippen molar-refractivity contribution >= 4 is 40.7 Å². The van der Waals surface area contributed by atoms with Gasteiger partial charge in [0.1, 0.15) is 12.4 Å². The van der Waals surface area contributed by atoms with Crippen molar-refractivity contribution in [2.45, 2.75) is 25.7 Å². The monoisotopic (exact) mass is 621 g/mol. The molecule has 0 spiro atoms. The number of anilines is 2. The first-order valence-electron chi connectivity index (χ1n) is 15.3. The first-order valence-corrected chi connectivity index (χ1v) is 15.3. The molecule has 3 aromatic carbocycles. The summed E-state index contributed by atoms with van der Waals surface area (Å²) in [4.78, 5) is 69.8. The number of aliphatic hydroxyl groups is 1. The van der Waals surface area contributed by atoms with Gasteiger partial charge < -0.3 is 9.84 Å². The van der Waals surface area contributed by atoms with Gasteiger partial charge in [-0.25, -0.2) is 4.90 Å². The normalized spacial score (nSPS) is 28.5. The number of allylic oxidation sites excluding steroid dienone is 2. The molecule has 7 rings (SSSR count). The highest BCUT2D eigenvalue weighted by molar-refractivity contribution is 6.25. The largest absolute Gasteiger partial charge is 0.491 e. The summed E-state index contributed by atoms with van der Waals surface area (Å²) in [5.74, 6) is -4.51. The van der Waals surface area contributed by atoms with E-state index in [1.54, 1.807) is 42.5 Å². The van der Waals surface area contributed by atoms with Gasteiger partial charge in [0.25, 0.3) is 5.69 Å². The van der Waals surface area contributed by atoms with Crippen molar-refractivity contribution in [1.82, 2.24) is 0 Å². The van der Waals surface area contributed by atoms with Gasteiger partial charge in [0.15, 0.2) is 0 Å². The Morgan fingerprint density at radius 2 is 1.54 bits per heavy atom. The maximum atomic E-state index is 14.5. The summed E-state index contributed by atoms with van der Waals surface area (Å²) in [5, 5.41) is 20.7. The molecule has 1 saturated carbocycles. The zero-order valence-electron chi connectivity index (χ0n) is 24.9. The molecule has 0 aromatic heterocycles. The summed E-state index contributed by atoms with van der Waals surface area (Å²) in [5.41, 5.74) is 0.792. The van der Waals surface area contributed by atoms with Crippen molar-refractivity contribution in [3.05, 3.63) is 106 Å². The molecule has 4 amide bonds. The zero-order valence-corrected chi connectivity index (χ0v) is 24.9. The number of aliphatic hydroxyl groups excluding tert-OH is 1. The van der Waals surface area contributed by atoms with Crippen LogP contribution < -0.4 is 14.5 Å². The number of amides is 4. The van der Waals surface area contributed by atoms with Gasteiger partial charge in [0.2, 0.25) is 23.6 Å². The summed E-state index contributed by atoms with van der Waals surface area (Å²) >= 11 is 0. The summed E-state index contributed by atoms with van der Waals surface area (Å²) < 4.78 is 5.95. The fourth-order valence-corrected chi connectivity index (χ4v) is 8.17. The van der Waals surface area contributed by atoms with Crippen LogP contribution in [0.3, 0.4) is 0 Å². The van der Waals surface area contributed by atoms with E-state index in [-0.39, 0.29) is 49.2 Å². The lowest BCUT2D eigenvalue weighted by Gasteiger charge is -2.49. The summed E-state index contributed by atoms with van der Waals surface area (Å²) in [6, 6.07) is 21.3. The molecule has 2 aliphatic carbocycles. The van der Waals surface area contributed by atoms with Gasteiger partial charge in [-0.1, -0.05) is 48.0 Å². The SMILES string of the molecule is C[C@@]12C(=O)N(c3ccccc3)C(=O)[C@@H]1C[C@@H]1C(=CC[C@@H]3C(=O)N(c4ccc([N+](=O)[O-])cc4)C(=O)[C@@H]31)[C@@H]2c1ccccc1OCCO. The number of non-ortho nitro benzene ring substituents is 1. The third-order valence-corrected chi connectivity index (χ3v) is 10.2. The van der Waals surface area contributed by atoms with Gasteiger partial charge in [0, 0.05) is 23.6 Å². The third kappa shape index (κ3) is 4.22. The van der Waals surface area contributed by atoms with Crippen molar-refractivity contribution < 1.29 is 33.9 Å². The van der Waals surface area contributed by atoms with E-state index in [1.165, 1.54) is 29.2 Å². The molecular formula is C35H31N3O8. The fraction of sp³-hybridized carbons (Fsp3) is 0.314. The van der Waals surface area contributed by atoms with Crippen molar-refractivity contribution in [3.8, 4) is 5.75 Å². The number of rotatable bonds is 7. The molecule has 2 heterocycles. The van der Waals surface area contributed by atoms with E-state index in [0.717, 1.165) is 10.5 Å². The van der Waals surface area contributed by atoms with Crippen LogP contribution in [0.5, 0.6) is 5.75 Å². The van der Waals surface area contributed by atoms with Gasteiger partial charge in [-0.05, 0) is 56.0 Å². The Morgan fingerprint density at radius 1 is 0.870 bits per heavy atom. The maximum Gasteiger partial charge on any atom is 0.269 e. The predicted octanol–water partition coefficient (Wildman–Crippen LogP) is 4.40. The molecule has 1 N–H and O–H groups in total. The number of hydrogen-bond donors (Lipinski definition) is 1. The highest BCUT2D eigenvalue weighted by Gasteiger charge is 2.68. The molecule has 6 atom stereocenters. The molecule has 0 unspecified atom stereocenters. The van der Waals surface area contributed by atoms with Crippen LogP contribution in [0.15, 0.2) is 90.5 Å². The number of nitro benzene ring substituents is 1.